The molecule has 6 nitrogen and oxygen atoms in total. The molecule has 0 saturated carbocycles. The highest BCUT2D eigenvalue weighted by atomic mass is 16.5. The number of nitrogens with one attached hydrogen (secondary N) is 1. The maximum Gasteiger partial charge on any atom is 0.194 e. The van der Waals surface area contributed by atoms with E-state index in [1.807, 2.05) is 0 Å². The summed E-state index contributed by atoms with van der Waals surface area (Å²) in [6.45, 7) is 7.89. The fourth-order valence-corrected chi connectivity index (χ4v) is 2.81. The van der Waals surface area contributed by atoms with Crippen LogP contribution in [0.2, 0.25) is 0 Å². The van der Waals surface area contributed by atoms with E-state index in [1.165, 1.54) is 0 Å². The first-order valence-electron chi connectivity index (χ1n) is 8.10. The fraction of sp³-hybridized carbons (Fsp3) is 0.933. The van der Waals surface area contributed by atoms with Crippen molar-refractivity contribution in [2.75, 3.05) is 53.1 Å². The summed E-state index contributed by atoms with van der Waals surface area (Å²) in [4.78, 5) is 6.99. The first-order chi connectivity index (χ1) is 10.3. The second-order valence-electron chi connectivity index (χ2n) is 5.49. The summed E-state index contributed by atoms with van der Waals surface area (Å²) < 4.78 is 16.7. The quantitative estimate of drug-likeness (QED) is 0.448. The van der Waals surface area contributed by atoms with Crippen molar-refractivity contribution in [2.24, 2.45) is 4.99 Å². The van der Waals surface area contributed by atoms with E-state index >= 15 is 0 Å². The summed E-state index contributed by atoms with van der Waals surface area (Å²) >= 11 is 0. The predicted octanol–water partition coefficient (Wildman–Crippen LogP) is 0.868. The van der Waals surface area contributed by atoms with Gasteiger partial charge in [-0.05, 0) is 26.2 Å². The molecular formula is C15H29N3O3. The van der Waals surface area contributed by atoms with Gasteiger partial charge in [0.1, 0.15) is 6.10 Å². The summed E-state index contributed by atoms with van der Waals surface area (Å²) in [6, 6.07) is 0. The van der Waals surface area contributed by atoms with Crippen molar-refractivity contribution in [2.45, 2.75) is 38.4 Å². The third-order valence-corrected chi connectivity index (χ3v) is 3.88. The molecule has 2 rings (SSSR count). The Morgan fingerprint density at radius 3 is 2.90 bits per heavy atom. The van der Waals surface area contributed by atoms with Crippen LogP contribution in [0.1, 0.15) is 26.2 Å². The average molecular weight is 299 g/mol. The van der Waals surface area contributed by atoms with Gasteiger partial charge in [-0.25, -0.2) is 0 Å². The van der Waals surface area contributed by atoms with Crippen molar-refractivity contribution in [3.63, 3.8) is 0 Å². The third kappa shape index (κ3) is 5.13. The lowest BCUT2D eigenvalue weighted by molar-refractivity contribution is -0.0817. The highest BCUT2D eigenvalue weighted by Gasteiger charge is 2.32. The molecule has 0 aromatic heterocycles. The number of nitrogens with zero attached hydrogens (tertiary/aromatic N) is 2. The largest absolute Gasteiger partial charge is 0.385 e. The zero-order valence-corrected chi connectivity index (χ0v) is 13.3. The van der Waals surface area contributed by atoms with Crippen molar-refractivity contribution in [3.05, 3.63) is 0 Å². The second-order valence-corrected chi connectivity index (χ2v) is 5.49. The monoisotopic (exact) mass is 299 g/mol. The van der Waals surface area contributed by atoms with E-state index in [9.17, 15) is 0 Å². The number of aliphatic imine (C=N–C) groups is 1. The van der Waals surface area contributed by atoms with Gasteiger partial charge in [0, 0.05) is 46.5 Å². The maximum atomic E-state index is 5.89. The van der Waals surface area contributed by atoms with Gasteiger partial charge in [-0.1, -0.05) is 0 Å². The van der Waals surface area contributed by atoms with Gasteiger partial charge in [0.05, 0.1) is 12.7 Å². The van der Waals surface area contributed by atoms with Crippen LogP contribution >= 0.6 is 0 Å². The van der Waals surface area contributed by atoms with Gasteiger partial charge in [-0.3, -0.25) is 4.99 Å². The minimum atomic E-state index is 0.170. The lowest BCUT2D eigenvalue weighted by Gasteiger charge is -2.37. The Morgan fingerprint density at radius 1 is 1.33 bits per heavy atom. The Kier molecular flexibility index (Phi) is 7.26. The van der Waals surface area contributed by atoms with Gasteiger partial charge in [0.15, 0.2) is 5.96 Å². The number of hydrogen-bond donors (Lipinski definition) is 1. The van der Waals surface area contributed by atoms with Crippen LogP contribution in [-0.2, 0) is 14.2 Å². The molecule has 0 aliphatic carbocycles. The fourth-order valence-electron chi connectivity index (χ4n) is 2.81. The highest BCUT2D eigenvalue weighted by molar-refractivity contribution is 5.80. The molecule has 0 amide bonds. The van der Waals surface area contributed by atoms with Crippen LogP contribution in [0.5, 0.6) is 0 Å². The van der Waals surface area contributed by atoms with Gasteiger partial charge in [-0.15, -0.1) is 0 Å². The smallest absolute Gasteiger partial charge is 0.194 e. The van der Waals surface area contributed by atoms with E-state index < -0.39 is 0 Å². The molecule has 0 spiro atoms. The first kappa shape index (κ1) is 16.5. The molecule has 0 bridgehead atoms. The normalized spacial score (nSPS) is 27.1. The third-order valence-electron chi connectivity index (χ3n) is 3.88. The number of hydrogen-bond acceptors (Lipinski definition) is 4. The van der Waals surface area contributed by atoms with Gasteiger partial charge in [-0.2, -0.15) is 0 Å². The van der Waals surface area contributed by atoms with Crippen LogP contribution in [0.4, 0.5) is 0 Å². The van der Waals surface area contributed by atoms with E-state index in [0.717, 1.165) is 71.2 Å². The van der Waals surface area contributed by atoms with Crippen molar-refractivity contribution in [3.8, 4) is 0 Å². The molecule has 21 heavy (non-hydrogen) atoms. The van der Waals surface area contributed by atoms with Gasteiger partial charge < -0.3 is 24.4 Å². The van der Waals surface area contributed by atoms with Crippen LogP contribution in [0.15, 0.2) is 4.99 Å². The SMILES string of the molecule is CCNC(=NCCCOC)N1CCOC(C2CCCO2)C1. The van der Waals surface area contributed by atoms with E-state index in [0.29, 0.717) is 0 Å². The van der Waals surface area contributed by atoms with Crippen LogP contribution in [0, 0.1) is 0 Å². The Balaban J connectivity index is 1.88. The van der Waals surface area contributed by atoms with E-state index in [2.05, 4.69) is 17.1 Å². The Morgan fingerprint density at radius 2 is 2.19 bits per heavy atom. The summed E-state index contributed by atoms with van der Waals surface area (Å²) in [5, 5.41) is 3.38. The Hall–Kier alpha value is -0.850. The lowest BCUT2D eigenvalue weighted by Crippen LogP contribution is -2.53. The molecule has 2 aliphatic rings. The van der Waals surface area contributed by atoms with Gasteiger partial charge in [0.25, 0.3) is 0 Å². The van der Waals surface area contributed by atoms with Crippen LogP contribution < -0.4 is 5.32 Å². The molecule has 0 radical (unpaired) electrons. The molecule has 0 aromatic rings. The summed E-state index contributed by atoms with van der Waals surface area (Å²) in [5.41, 5.74) is 0. The van der Waals surface area contributed by atoms with Gasteiger partial charge >= 0.3 is 0 Å². The number of rotatable bonds is 6. The first-order valence-corrected chi connectivity index (χ1v) is 8.10. The Bertz CT molecular complexity index is 319. The van der Waals surface area contributed by atoms with E-state index in [-0.39, 0.29) is 12.2 Å². The Labute approximate surface area is 127 Å². The molecule has 0 aromatic carbocycles. The maximum absolute atomic E-state index is 5.89. The summed E-state index contributed by atoms with van der Waals surface area (Å²) in [6.07, 6.45) is 3.63. The molecule has 2 saturated heterocycles. The molecule has 2 atom stereocenters. The number of methoxy groups -OCH3 is 1. The number of morpholine rings is 1. The van der Waals surface area contributed by atoms with Crippen molar-refractivity contribution in [1.82, 2.24) is 10.2 Å². The van der Waals surface area contributed by atoms with Crippen LogP contribution in [0.3, 0.4) is 0 Å². The van der Waals surface area contributed by atoms with E-state index in [4.69, 9.17) is 19.2 Å². The van der Waals surface area contributed by atoms with Gasteiger partial charge in [0.2, 0.25) is 0 Å². The number of ether oxygens (including phenoxy) is 3. The highest BCUT2D eigenvalue weighted by Crippen LogP contribution is 2.21. The second kappa shape index (κ2) is 9.23. The lowest BCUT2D eigenvalue weighted by atomic mass is 10.1. The average Bonchev–Trinajstić information content (AvgIpc) is 3.05. The summed E-state index contributed by atoms with van der Waals surface area (Å²) in [5.74, 6) is 0.986. The number of guanidine groups is 1. The summed E-state index contributed by atoms with van der Waals surface area (Å²) in [7, 11) is 1.73. The van der Waals surface area contributed by atoms with Crippen molar-refractivity contribution >= 4 is 5.96 Å². The standard InChI is InChI=1S/C15H29N3O3/c1-3-16-15(17-7-5-9-19-2)18-8-11-21-14(12-18)13-6-4-10-20-13/h13-14H,3-12H2,1-2H3,(H,16,17). The zero-order chi connectivity index (χ0) is 14.9. The molecule has 2 aliphatic heterocycles. The molecule has 1 N–H and O–H groups in total. The zero-order valence-electron chi connectivity index (χ0n) is 13.3. The molecule has 122 valence electrons. The molecule has 6 heteroatoms. The van der Waals surface area contributed by atoms with E-state index in [1.54, 1.807) is 7.11 Å². The van der Waals surface area contributed by atoms with Crippen LogP contribution in [0.25, 0.3) is 0 Å². The molecule has 2 heterocycles. The van der Waals surface area contributed by atoms with Crippen molar-refractivity contribution in [1.29, 1.82) is 0 Å². The molecular weight excluding hydrogens is 270 g/mol. The topological polar surface area (TPSA) is 55.3 Å². The minimum Gasteiger partial charge on any atom is -0.385 e. The van der Waals surface area contributed by atoms with Crippen molar-refractivity contribution < 1.29 is 14.2 Å². The predicted molar refractivity (Wildman–Crippen MR) is 82.8 cm³/mol. The van der Waals surface area contributed by atoms with Crippen LogP contribution in [-0.4, -0.2) is 76.2 Å². The molecule has 2 unspecified atom stereocenters. The minimum absolute atomic E-state index is 0.170. The molecule has 2 fully saturated rings.